The standard InChI is InChI=1S/C31H33F3N2O4/c1-2-3-18-39-31(38)36-16-14-22(15-17-36)23-7-11-27(33)29(19-23)35-30(37)13-6-21-4-8-24(9-5-21)40-25-10-12-26(32)28(34)20-25/h4-5,7-12,19-20,22H,2-3,6,13-18H2,1H3,(H,35,37). The van der Waals surface area contributed by atoms with Gasteiger partial charge in [0.1, 0.15) is 17.3 Å². The van der Waals surface area contributed by atoms with Gasteiger partial charge in [0.2, 0.25) is 5.91 Å². The quantitative estimate of drug-likeness (QED) is 0.262. The molecule has 0 spiro atoms. The van der Waals surface area contributed by atoms with Crippen LogP contribution in [-0.2, 0) is 16.0 Å². The molecule has 0 atom stereocenters. The van der Waals surface area contributed by atoms with Gasteiger partial charge in [-0.2, -0.15) is 0 Å². The highest BCUT2D eigenvalue weighted by atomic mass is 19.2. The number of rotatable bonds is 10. The van der Waals surface area contributed by atoms with Gasteiger partial charge in [0.05, 0.1) is 12.3 Å². The smallest absolute Gasteiger partial charge is 0.409 e. The molecule has 0 aromatic heterocycles. The minimum Gasteiger partial charge on any atom is -0.457 e. The Kier molecular flexibility index (Phi) is 10.0. The Bertz CT molecular complexity index is 1310. The summed E-state index contributed by atoms with van der Waals surface area (Å²) in [6.45, 7) is 3.60. The Balaban J connectivity index is 1.26. The maximum absolute atomic E-state index is 14.5. The van der Waals surface area contributed by atoms with Crippen molar-refractivity contribution < 1.29 is 32.2 Å². The van der Waals surface area contributed by atoms with Gasteiger partial charge in [-0.1, -0.05) is 31.5 Å². The number of hydrogen-bond donors (Lipinski definition) is 1. The summed E-state index contributed by atoms with van der Waals surface area (Å²) < 4.78 is 51.8. The number of nitrogens with zero attached hydrogens (tertiary/aromatic N) is 1. The van der Waals surface area contributed by atoms with Crippen LogP contribution in [0.3, 0.4) is 0 Å². The Morgan fingerprint density at radius 1 is 0.900 bits per heavy atom. The lowest BCUT2D eigenvalue weighted by atomic mass is 9.89. The lowest BCUT2D eigenvalue weighted by Gasteiger charge is -2.31. The monoisotopic (exact) mass is 554 g/mol. The van der Waals surface area contributed by atoms with Gasteiger partial charge in [0.15, 0.2) is 11.6 Å². The second kappa shape index (κ2) is 13.9. The van der Waals surface area contributed by atoms with Crippen LogP contribution in [0.1, 0.15) is 56.1 Å². The van der Waals surface area contributed by atoms with Crippen molar-refractivity contribution in [3.63, 3.8) is 0 Å². The van der Waals surface area contributed by atoms with Crippen molar-refractivity contribution in [2.75, 3.05) is 25.0 Å². The summed E-state index contributed by atoms with van der Waals surface area (Å²) in [6.07, 6.45) is 3.55. The molecule has 6 nitrogen and oxygen atoms in total. The fourth-order valence-electron chi connectivity index (χ4n) is 4.55. The number of halogens is 3. The summed E-state index contributed by atoms with van der Waals surface area (Å²) in [5.74, 6) is -2.00. The van der Waals surface area contributed by atoms with Crippen molar-refractivity contribution in [1.29, 1.82) is 0 Å². The molecule has 3 aromatic rings. The highest BCUT2D eigenvalue weighted by molar-refractivity contribution is 5.91. The van der Waals surface area contributed by atoms with Gasteiger partial charge in [-0.3, -0.25) is 4.79 Å². The number of carbonyl (C=O) groups is 2. The summed E-state index contributed by atoms with van der Waals surface area (Å²) >= 11 is 0. The van der Waals surface area contributed by atoms with Crippen LogP contribution in [0.4, 0.5) is 23.7 Å². The van der Waals surface area contributed by atoms with Gasteiger partial charge in [0, 0.05) is 25.6 Å². The molecule has 1 saturated heterocycles. The number of nitrogens with one attached hydrogen (secondary N) is 1. The summed E-state index contributed by atoms with van der Waals surface area (Å²) in [5.41, 5.74) is 1.92. The summed E-state index contributed by atoms with van der Waals surface area (Å²) in [4.78, 5) is 26.5. The molecule has 1 aliphatic rings. The second-order valence-corrected chi connectivity index (χ2v) is 9.84. The minimum atomic E-state index is -0.993. The van der Waals surface area contributed by atoms with Crippen molar-refractivity contribution in [2.24, 2.45) is 0 Å². The van der Waals surface area contributed by atoms with E-state index in [2.05, 4.69) is 5.32 Å². The summed E-state index contributed by atoms with van der Waals surface area (Å²) in [7, 11) is 0. The number of amides is 2. The Labute approximate surface area is 232 Å². The predicted octanol–water partition coefficient (Wildman–Crippen LogP) is 7.58. The fraction of sp³-hybridized carbons (Fsp3) is 0.355. The van der Waals surface area contributed by atoms with Crippen LogP contribution in [0.25, 0.3) is 0 Å². The first-order valence-electron chi connectivity index (χ1n) is 13.5. The number of hydrogen-bond acceptors (Lipinski definition) is 4. The molecule has 0 saturated carbocycles. The van der Waals surface area contributed by atoms with Gasteiger partial charge in [-0.15, -0.1) is 0 Å². The van der Waals surface area contributed by atoms with E-state index in [1.807, 2.05) is 6.92 Å². The van der Waals surface area contributed by atoms with Crippen LogP contribution in [-0.4, -0.2) is 36.6 Å². The number of aryl methyl sites for hydroxylation is 1. The summed E-state index contributed by atoms with van der Waals surface area (Å²) in [6, 6.07) is 15.0. The number of piperidine rings is 1. The van der Waals surface area contributed by atoms with Gasteiger partial charge in [-0.05, 0) is 79.1 Å². The summed E-state index contributed by atoms with van der Waals surface area (Å²) in [5, 5.41) is 2.68. The molecule has 9 heteroatoms. The SMILES string of the molecule is CCCCOC(=O)N1CCC(c2ccc(F)c(NC(=O)CCc3ccc(Oc4ccc(F)c(F)c4)cc3)c2)CC1. The molecule has 4 rings (SSSR count). The van der Waals surface area contributed by atoms with Crippen LogP contribution in [0, 0.1) is 17.5 Å². The fourth-order valence-corrected chi connectivity index (χ4v) is 4.55. The number of carbonyl (C=O) groups excluding carboxylic acids is 2. The largest absolute Gasteiger partial charge is 0.457 e. The topological polar surface area (TPSA) is 67.9 Å². The molecule has 1 aliphatic heterocycles. The van der Waals surface area contributed by atoms with Crippen LogP contribution in [0.15, 0.2) is 60.7 Å². The Hall–Kier alpha value is -4.01. The first-order valence-corrected chi connectivity index (χ1v) is 13.5. The third kappa shape index (κ3) is 8.00. The number of unbranched alkanes of at least 4 members (excludes halogenated alkanes) is 1. The number of ether oxygens (including phenoxy) is 2. The molecule has 212 valence electrons. The van der Waals surface area contributed by atoms with Gasteiger partial charge in [-0.25, -0.2) is 18.0 Å². The van der Waals surface area contributed by atoms with Gasteiger partial charge >= 0.3 is 6.09 Å². The van der Waals surface area contributed by atoms with E-state index in [0.717, 1.165) is 48.9 Å². The maximum atomic E-state index is 14.5. The molecular weight excluding hydrogens is 521 g/mol. The third-order valence-corrected chi connectivity index (χ3v) is 6.90. The second-order valence-electron chi connectivity index (χ2n) is 9.84. The van der Waals surface area contributed by atoms with E-state index in [0.29, 0.717) is 31.9 Å². The number of likely N-dealkylation sites (tertiary alicyclic amines) is 1. The van der Waals surface area contributed by atoms with E-state index >= 15 is 0 Å². The molecule has 1 heterocycles. The lowest BCUT2D eigenvalue weighted by Crippen LogP contribution is -2.38. The van der Waals surface area contributed by atoms with Crippen molar-refractivity contribution in [3.8, 4) is 11.5 Å². The Morgan fingerprint density at radius 2 is 1.60 bits per heavy atom. The van der Waals surface area contributed by atoms with Crippen LogP contribution < -0.4 is 10.1 Å². The molecule has 0 bridgehead atoms. The predicted molar refractivity (Wildman–Crippen MR) is 146 cm³/mol. The van der Waals surface area contributed by atoms with E-state index in [4.69, 9.17) is 9.47 Å². The molecule has 0 aliphatic carbocycles. The normalized spacial score (nSPS) is 13.7. The lowest BCUT2D eigenvalue weighted by molar-refractivity contribution is -0.116. The molecular formula is C31H33F3N2O4. The molecule has 40 heavy (non-hydrogen) atoms. The van der Waals surface area contributed by atoms with Crippen LogP contribution >= 0.6 is 0 Å². The first-order chi connectivity index (χ1) is 19.3. The molecule has 1 fully saturated rings. The number of benzene rings is 3. The average molecular weight is 555 g/mol. The average Bonchev–Trinajstić information content (AvgIpc) is 2.96. The zero-order chi connectivity index (χ0) is 28.5. The zero-order valence-electron chi connectivity index (χ0n) is 22.4. The molecule has 3 aromatic carbocycles. The van der Waals surface area contributed by atoms with Gasteiger partial charge < -0.3 is 19.7 Å². The van der Waals surface area contributed by atoms with E-state index in [1.54, 1.807) is 41.3 Å². The highest BCUT2D eigenvalue weighted by Gasteiger charge is 2.25. The van der Waals surface area contributed by atoms with E-state index in [1.165, 1.54) is 12.1 Å². The molecule has 1 N–H and O–H groups in total. The van der Waals surface area contributed by atoms with Crippen molar-refractivity contribution in [1.82, 2.24) is 4.90 Å². The van der Waals surface area contributed by atoms with Crippen molar-refractivity contribution in [2.45, 2.75) is 51.4 Å². The zero-order valence-corrected chi connectivity index (χ0v) is 22.4. The van der Waals surface area contributed by atoms with Crippen LogP contribution in [0.5, 0.6) is 11.5 Å². The molecule has 2 amide bonds. The first kappa shape index (κ1) is 29.0. The molecule has 0 unspecified atom stereocenters. The van der Waals surface area contributed by atoms with E-state index in [9.17, 15) is 22.8 Å². The Morgan fingerprint density at radius 3 is 2.30 bits per heavy atom. The highest BCUT2D eigenvalue weighted by Crippen LogP contribution is 2.31. The maximum Gasteiger partial charge on any atom is 0.409 e. The minimum absolute atomic E-state index is 0.138. The van der Waals surface area contributed by atoms with E-state index < -0.39 is 17.5 Å². The van der Waals surface area contributed by atoms with E-state index in [-0.39, 0.29) is 35.8 Å². The van der Waals surface area contributed by atoms with Crippen molar-refractivity contribution in [3.05, 3.63) is 89.2 Å². The number of anilines is 1. The third-order valence-electron chi connectivity index (χ3n) is 6.90. The van der Waals surface area contributed by atoms with Gasteiger partial charge in [0.25, 0.3) is 0 Å². The molecule has 0 radical (unpaired) electrons. The van der Waals surface area contributed by atoms with Crippen molar-refractivity contribution >= 4 is 17.7 Å². The van der Waals surface area contributed by atoms with Crippen LogP contribution in [0.2, 0.25) is 0 Å².